The zero-order valence-electron chi connectivity index (χ0n) is 7.97. The Bertz CT molecular complexity index is 404. The molecule has 0 saturated heterocycles. The predicted octanol–water partition coefficient (Wildman–Crippen LogP) is 2.90. The van der Waals surface area contributed by atoms with Gasteiger partial charge in [-0.25, -0.2) is 0 Å². The van der Waals surface area contributed by atoms with Gasteiger partial charge in [0, 0.05) is 38.8 Å². The third-order valence-corrected chi connectivity index (χ3v) is 3.40. The lowest BCUT2D eigenvalue weighted by Crippen LogP contribution is -2.03. The maximum absolute atomic E-state index is 11.5. The van der Waals surface area contributed by atoms with E-state index in [-0.39, 0.29) is 6.54 Å². The van der Waals surface area contributed by atoms with Crippen LogP contribution in [-0.4, -0.2) is 16.5 Å². The smallest absolute Gasteiger partial charge is 0.0500 e. The molecule has 1 atom stereocenters. The number of azide groups is 1. The number of halogens is 1. The first kappa shape index (κ1) is 12.0. The van der Waals surface area contributed by atoms with Crippen molar-refractivity contribution in [1.82, 2.24) is 0 Å². The van der Waals surface area contributed by atoms with Crippen LogP contribution in [0.5, 0.6) is 0 Å². The van der Waals surface area contributed by atoms with Gasteiger partial charge in [-0.3, -0.25) is 4.21 Å². The van der Waals surface area contributed by atoms with Crippen molar-refractivity contribution in [2.75, 3.05) is 12.3 Å². The van der Waals surface area contributed by atoms with Gasteiger partial charge in [-0.1, -0.05) is 34.9 Å². The van der Waals surface area contributed by atoms with Crippen LogP contribution in [0.3, 0.4) is 0 Å². The predicted molar refractivity (Wildman–Crippen MR) is 62.2 cm³/mol. The molecule has 0 aliphatic heterocycles. The van der Waals surface area contributed by atoms with Crippen LogP contribution in [0.25, 0.3) is 10.4 Å². The van der Waals surface area contributed by atoms with Crippen molar-refractivity contribution in [2.24, 2.45) is 5.11 Å². The Morgan fingerprint density at radius 3 is 2.87 bits per heavy atom. The quantitative estimate of drug-likeness (QED) is 0.445. The Morgan fingerprint density at radius 1 is 1.47 bits per heavy atom. The van der Waals surface area contributed by atoms with Crippen molar-refractivity contribution in [3.8, 4) is 0 Å². The van der Waals surface area contributed by atoms with Gasteiger partial charge in [-0.05, 0) is 17.2 Å². The van der Waals surface area contributed by atoms with Crippen LogP contribution in [0.1, 0.15) is 5.56 Å². The molecular weight excluding hydrogens is 234 g/mol. The lowest BCUT2D eigenvalue weighted by atomic mass is 10.2. The maximum Gasteiger partial charge on any atom is 0.0500 e. The molecule has 0 bridgehead atoms. The minimum Gasteiger partial charge on any atom is -0.259 e. The Kier molecular flexibility index (Phi) is 5.18. The van der Waals surface area contributed by atoms with Crippen LogP contribution in [0.15, 0.2) is 29.4 Å². The fourth-order valence-electron chi connectivity index (χ4n) is 1.05. The number of hydrogen-bond acceptors (Lipinski definition) is 2. The van der Waals surface area contributed by atoms with E-state index in [1.54, 1.807) is 6.07 Å². The lowest BCUT2D eigenvalue weighted by Gasteiger charge is -2.02. The van der Waals surface area contributed by atoms with E-state index < -0.39 is 10.8 Å². The molecule has 0 fully saturated rings. The molecule has 6 heteroatoms. The average molecular weight is 244 g/mol. The third-order valence-electron chi connectivity index (χ3n) is 1.76. The van der Waals surface area contributed by atoms with Crippen LogP contribution in [-0.2, 0) is 16.6 Å². The SMILES string of the molecule is [N-]=[N+]=NCCS(=O)Cc1ccccc1Cl. The van der Waals surface area contributed by atoms with Crippen LogP contribution in [0.4, 0.5) is 0 Å². The Morgan fingerprint density at radius 2 is 2.20 bits per heavy atom. The Labute approximate surface area is 95.3 Å². The van der Waals surface area contributed by atoms with E-state index in [2.05, 4.69) is 10.0 Å². The Balaban J connectivity index is 2.51. The molecule has 0 radical (unpaired) electrons. The van der Waals surface area contributed by atoms with Gasteiger partial charge in [-0.2, -0.15) is 0 Å². The van der Waals surface area contributed by atoms with Gasteiger partial charge in [0.1, 0.15) is 0 Å². The molecule has 0 aromatic heterocycles. The van der Waals surface area contributed by atoms with Crippen molar-refractivity contribution >= 4 is 22.4 Å². The van der Waals surface area contributed by atoms with Crippen molar-refractivity contribution in [2.45, 2.75) is 5.75 Å². The molecule has 0 spiro atoms. The molecular formula is C9H10ClN3OS. The van der Waals surface area contributed by atoms with Gasteiger partial charge in [0.05, 0.1) is 0 Å². The van der Waals surface area contributed by atoms with E-state index in [0.717, 1.165) is 5.56 Å². The summed E-state index contributed by atoms with van der Waals surface area (Å²) in [6.07, 6.45) is 0. The van der Waals surface area contributed by atoms with E-state index in [4.69, 9.17) is 17.1 Å². The van der Waals surface area contributed by atoms with Gasteiger partial charge in [0.15, 0.2) is 0 Å². The first-order chi connectivity index (χ1) is 7.24. The fourth-order valence-corrected chi connectivity index (χ4v) is 2.36. The van der Waals surface area contributed by atoms with Crippen LogP contribution in [0, 0.1) is 0 Å². The molecule has 0 heterocycles. The summed E-state index contributed by atoms with van der Waals surface area (Å²) in [5.74, 6) is 0.774. The Hall–Kier alpha value is -1.03. The summed E-state index contributed by atoms with van der Waals surface area (Å²) in [4.78, 5) is 2.60. The second-order valence-electron chi connectivity index (χ2n) is 2.83. The van der Waals surface area contributed by atoms with Crippen molar-refractivity contribution in [1.29, 1.82) is 0 Å². The summed E-state index contributed by atoms with van der Waals surface area (Å²) in [6.45, 7) is 0.258. The third kappa shape index (κ3) is 4.34. The van der Waals surface area contributed by atoms with E-state index in [1.165, 1.54) is 0 Å². The molecule has 1 aromatic rings. The summed E-state index contributed by atoms with van der Waals surface area (Å²) in [5.41, 5.74) is 8.91. The highest BCUT2D eigenvalue weighted by atomic mass is 35.5. The summed E-state index contributed by atoms with van der Waals surface area (Å²) < 4.78 is 11.5. The highest BCUT2D eigenvalue weighted by Crippen LogP contribution is 2.16. The zero-order valence-corrected chi connectivity index (χ0v) is 9.54. The molecule has 1 rings (SSSR count). The molecule has 0 aliphatic rings. The number of benzene rings is 1. The monoisotopic (exact) mass is 243 g/mol. The average Bonchev–Trinajstić information content (AvgIpc) is 2.22. The highest BCUT2D eigenvalue weighted by Gasteiger charge is 2.04. The van der Waals surface area contributed by atoms with Gasteiger partial charge in [-0.15, -0.1) is 0 Å². The van der Waals surface area contributed by atoms with Gasteiger partial charge in [0.25, 0.3) is 0 Å². The second-order valence-corrected chi connectivity index (χ2v) is 4.82. The second kappa shape index (κ2) is 6.45. The van der Waals surface area contributed by atoms with E-state index >= 15 is 0 Å². The minimum absolute atomic E-state index is 0.258. The molecule has 0 saturated carbocycles. The molecule has 0 aliphatic carbocycles. The summed E-state index contributed by atoms with van der Waals surface area (Å²) in [5, 5.41) is 3.95. The van der Waals surface area contributed by atoms with Crippen molar-refractivity contribution < 1.29 is 4.21 Å². The number of nitrogens with zero attached hydrogens (tertiary/aromatic N) is 3. The lowest BCUT2D eigenvalue weighted by molar-refractivity contribution is 0.682. The minimum atomic E-state index is -1.03. The molecule has 0 amide bonds. The molecule has 1 unspecified atom stereocenters. The number of hydrogen-bond donors (Lipinski definition) is 0. The van der Waals surface area contributed by atoms with E-state index in [0.29, 0.717) is 16.5 Å². The van der Waals surface area contributed by atoms with Crippen molar-refractivity contribution in [3.63, 3.8) is 0 Å². The summed E-state index contributed by atoms with van der Waals surface area (Å²) >= 11 is 5.91. The topological polar surface area (TPSA) is 65.8 Å². The first-order valence-electron chi connectivity index (χ1n) is 4.33. The van der Waals surface area contributed by atoms with Crippen LogP contribution in [0.2, 0.25) is 5.02 Å². The summed E-state index contributed by atoms with van der Waals surface area (Å²) in [6, 6.07) is 7.29. The zero-order chi connectivity index (χ0) is 11.1. The van der Waals surface area contributed by atoms with E-state index in [9.17, 15) is 4.21 Å². The standard InChI is InChI=1S/C9H10ClN3OS/c10-9-4-2-1-3-8(9)7-15(14)6-5-12-13-11/h1-4H,5-7H2. The summed E-state index contributed by atoms with van der Waals surface area (Å²) in [7, 11) is -1.03. The molecule has 1 aromatic carbocycles. The van der Waals surface area contributed by atoms with Crippen LogP contribution >= 0.6 is 11.6 Å². The van der Waals surface area contributed by atoms with Gasteiger partial charge < -0.3 is 0 Å². The van der Waals surface area contributed by atoms with E-state index in [1.807, 2.05) is 18.2 Å². The van der Waals surface area contributed by atoms with Gasteiger partial charge >= 0.3 is 0 Å². The largest absolute Gasteiger partial charge is 0.259 e. The van der Waals surface area contributed by atoms with Crippen LogP contribution < -0.4 is 0 Å². The normalized spacial score (nSPS) is 11.8. The highest BCUT2D eigenvalue weighted by molar-refractivity contribution is 7.84. The first-order valence-corrected chi connectivity index (χ1v) is 6.20. The van der Waals surface area contributed by atoms with Gasteiger partial charge in [0.2, 0.25) is 0 Å². The molecule has 0 N–H and O–H groups in total. The van der Waals surface area contributed by atoms with Crippen molar-refractivity contribution in [3.05, 3.63) is 45.3 Å². The fraction of sp³-hybridized carbons (Fsp3) is 0.333. The molecule has 15 heavy (non-hydrogen) atoms. The maximum atomic E-state index is 11.5. The molecule has 4 nitrogen and oxygen atoms in total. The number of rotatable bonds is 5. The molecule has 80 valence electrons.